The number of carbonyl (C=O) groups excluding carboxylic acids is 3. The maximum atomic E-state index is 12.9. The molecule has 1 aromatic rings. The van der Waals surface area contributed by atoms with E-state index >= 15 is 0 Å². The van der Waals surface area contributed by atoms with Gasteiger partial charge in [0.15, 0.2) is 0 Å². The molecule has 0 spiro atoms. The smallest absolute Gasteiger partial charge is 0.333 e. The van der Waals surface area contributed by atoms with Crippen LogP contribution in [0.15, 0.2) is 41.4 Å². The number of ether oxygens (including phenoxy) is 1. The standard InChI is InChI=1S/C19H21N3O4S/c1-3-26-18(24)12-17-22(19(25)14(2)27-17)13-16(23)21(11-7-10-20)15-8-5-4-6-9-15/h4-6,8-9,12,14H,3,7,11,13H2,1-2H3/b17-12+/t14-/m0/s1. The highest BCUT2D eigenvalue weighted by Crippen LogP contribution is 2.34. The Morgan fingerprint density at radius 2 is 2.07 bits per heavy atom. The fraction of sp³-hybridized carbons (Fsp3) is 0.368. The van der Waals surface area contributed by atoms with Crippen LogP contribution in [0.25, 0.3) is 0 Å². The van der Waals surface area contributed by atoms with E-state index < -0.39 is 5.97 Å². The van der Waals surface area contributed by atoms with E-state index in [0.717, 1.165) is 0 Å². The summed E-state index contributed by atoms with van der Waals surface area (Å²) < 4.78 is 4.90. The third-order valence-corrected chi connectivity index (χ3v) is 4.95. The molecule has 142 valence electrons. The van der Waals surface area contributed by atoms with Crippen molar-refractivity contribution in [2.24, 2.45) is 0 Å². The lowest BCUT2D eigenvalue weighted by Crippen LogP contribution is -2.42. The van der Waals surface area contributed by atoms with Crippen molar-refractivity contribution < 1.29 is 19.1 Å². The number of esters is 1. The topological polar surface area (TPSA) is 90.7 Å². The number of anilines is 1. The number of nitrogens with zero attached hydrogens (tertiary/aromatic N) is 3. The Morgan fingerprint density at radius 3 is 2.70 bits per heavy atom. The van der Waals surface area contributed by atoms with Crippen LogP contribution in [0, 0.1) is 11.3 Å². The Hall–Kier alpha value is -2.79. The summed E-state index contributed by atoms with van der Waals surface area (Å²) in [4.78, 5) is 39.9. The Bertz CT molecular complexity index is 773. The molecule has 2 rings (SSSR count). The molecule has 7 nitrogen and oxygen atoms in total. The van der Waals surface area contributed by atoms with Gasteiger partial charge in [0.2, 0.25) is 11.8 Å². The Labute approximate surface area is 162 Å². The zero-order chi connectivity index (χ0) is 19.8. The SMILES string of the molecule is CCOC(=O)/C=C1/S[C@@H](C)C(=O)N1CC(=O)N(CCC#N)c1ccccc1. The lowest BCUT2D eigenvalue weighted by molar-refractivity contribution is -0.137. The molecule has 1 atom stereocenters. The van der Waals surface area contributed by atoms with E-state index in [1.54, 1.807) is 38.1 Å². The second-order valence-electron chi connectivity index (χ2n) is 5.71. The first-order valence-corrected chi connectivity index (χ1v) is 9.44. The summed E-state index contributed by atoms with van der Waals surface area (Å²) in [5.41, 5.74) is 0.654. The van der Waals surface area contributed by atoms with E-state index in [1.807, 2.05) is 12.1 Å². The Kier molecular flexibility index (Phi) is 7.44. The van der Waals surface area contributed by atoms with Gasteiger partial charge in [-0.2, -0.15) is 5.26 Å². The number of hydrogen-bond acceptors (Lipinski definition) is 6. The Morgan fingerprint density at radius 1 is 1.37 bits per heavy atom. The molecule has 2 amide bonds. The van der Waals surface area contributed by atoms with Crippen molar-refractivity contribution >= 4 is 35.2 Å². The summed E-state index contributed by atoms with van der Waals surface area (Å²) in [6.07, 6.45) is 1.41. The second kappa shape index (κ2) is 9.78. The molecule has 1 fully saturated rings. The fourth-order valence-corrected chi connectivity index (χ4v) is 3.60. The van der Waals surface area contributed by atoms with Crippen LogP contribution >= 0.6 is 11.8 Å². The molecule has 1 aliphatic heterocycles. The van der Waals surface area contributed by atoms with Gasteiger partial charge in [-0.3, -0.25) is 14.5 Å². The van der Waals surface area contributed by atoms with Crippen molar-refractivity contribution in [3.63, 3.8) is 0 Å². The number of rotatable bonds is 7. The number of nitriles is 1. The van der Waals surface area contributed by atoms with E-state index in [9.17, 15) is 14.4 Å². The van der Waals surface area contributed by atoms with Gasteiger partial charge in [0.1, 0.15) is 6.54 Å². The van der Waals surface area contributed by atoms with Gasteiger partial charge < -0.3 is 9.64 Å². The van der Waals surface area contributed by atoms with Crippen molar-refractivity contribution in [3.8, 4) is 6.07 Å². The van der Waals surface area contributed by atoms with Crippen LogP contribution in [0.2, 0.25) is 0 Å². The van der Waals surface area contributed by atoms with Crippen LogP contribution in [-0.4, -0.2) is 47.6 Å². The molecule has 0 aromatic heterocycles. The van der Waals surface area contributed by atoms with Crippen LogP contribution in [-0.2, 0) is 19.1 Å². The van der Waals surface area contributed by atoms with E-state index in [1.165, 1.54) is 27.6 Å². The van der Waals surface area contributed by atoms with Crippen molar-refractivity contribution in [3.05, 3.63) is 41.4 Å². The molecule has 1 heterocycles. The summed E-state index contributed by atoms with van der Waals surface area (Å²) >= 11 is 1.22. The second-order valence-corrected chi connectivity index (χ2v) is 7.07. The van der Waals surface area contributed by atoms with Crippen LogP contribution in [0.3, 0.4) is 0 Å². The maximum absolute atomic E-state index is 12.9. The number of thioether (sulfide) groups is 1. The fourth-order valence-electron chi connectivity index (χ4n) is 2.56. The lowest BCUT2D eigenvalue weighted by Gasteiger charge is -2.25. The van der Waals surface area contributed by atoms with E-state index in [-0.39, 0.29) is 43.2 Å². The van der Waals surface area contributed by atoms with Gasteiger partial charge >= 0.3 is 5.97 Å². The first kappa shape index (κ1) is 20.5. The van der Waals surface area contributed by atoms with Crippen LogP contribution in [0.1, 0.15) is 20.3 Å². The van der Waals surface area contributed by atoms with Crippen LogP contribution in [0.5, 0.6) is 0 Å². The summed E-state index contributed by atoms with van der Waals surface area (Å²) in [7, 11) is 0. The van der Waals surface area contributed by atoms with Crippen molar-refractivity contribution in [2.75, 3.05) is 24.6 Å². The average molecular weight is 387 g/mol. The molecular formula is C19H21N3O4S. The molecule has 1 aromatic carbocycles. The van der Waals surface area contributed by atoms with Crippen LogP contribution in [0.4, 0.5) is 5.69 Å². The van der Waals surface area contributed by atoms with Gasteiger partial charge in [-0.15, -0.1) is 0 Å². The number of carbonyl (C=O) groups is 3. The minimum Gasteiger partial charge on any atom is -0.463 e. The first-order valence-electron chi connectivity index (χ1n) is 8.56. The number of amides is 2. The molecule has 1 aliphatic rings. The molecule has 0 unspecified atom stereocenters. The van der Waals surface area contributed by atoms with Gasteiger partial charge in [0.05, 0.1) is 35.5 Å². The van der Waals surface area contributed by atoms with E-state index in [2.05, 4.69) is 0 Å². The maximum Gasteiger partial charge on any atom is 0.333 e. The molecule has 0 radical (unpaired) electrons. The lowest BCUT2D eigenvalue weighted by atomic mass is 10.2. The predicted molar refractivity (Wildman–Crippen MR) is 103 cm³/mol. The molecule has 0 saturated carbocycles. The zero-order valence-corrected chi connectivity index (χ0v) is 16.1. The highest BCUT2D eigenvalue weighted by atomic mass is 32.2. The molecule has 1 saturated heterocycles. The van der Waals surface area contributed by atoms with Gasteiger partial charge in [-0.05, 0) is 26.0 Å². The highest BCUT2D eigenvalue weighted by Gasteiger charge is 2.36. The largest absolute Gasteiger partial charge is 0.463 e. The molecule has 8 heteroatoms. The summed E-state index contributed by atoms with van der Waals surface area (Å²) in [5, 5.41) is 8.89. The number of hydrogen-bond donors (Lipinski definition) is 0. The predicted octanol–water partition coefficient (Wildman–Crippen LogP) is 2.30. The molecule has 0 N–H and O–H groups in total. The van der Waals surface area contributed by atoms with E-state index in [4.69, 9.17) is 10.00 Å². The molecule has 27 heavy (non-hydrogen) atoms. The van der Waals surface area contributed by atoms with Gasteiger partial charge in [0.25, 0.3) is 0 Å². The normalized spacial score (nSPS) is 17.7. The highest BCUT2D eigenvalue weighted by molar-refractivity contribution is 8.04. The minimum atomic E-state index is -0.552. The van der Waals surface area contributed by atoms with Crippen molar-refractivity contribution in [1.82, 2.24) is 4.90 Å². The van der Waals surface area contributed by atoms with Crippen molar-refractivity contribution in [2.45, 2.75) is 25.5 Å². The zero-order valence-electron chi connectivity index (χ0n) is 15.3. The van der Waals surface area contributed by atoms with Crippen LogP contribution < -0.4 is 4.90 Å². The molecule has 0 bridgehead atoms. The first-order chi connectivity index (χ1) is 13.0. The van der Waals surface area contributed by atoms with E-state index in [0.29, 0.717) is 10.7 Å². The summed E-state index contributed by atoms with van der Waals surface area (Å²) in [6, 6.07) is 11.0. The quantitative estimate of drug-likeness (QED) is 0.527. The Balaban J connectivity index is 2.22. The summed E-state index contributed by atoms with van der Waals surface area (Å²) in [5.74, 6) is -1.12. The third kappa shape index (κ3) is 5.34. The van der Waals surface area contributed by atoms with Gasteiger partial charge in [0, 0.05) is 12.2 Å². The summed E-state index contributed by atoms with van der Waals surface area (Å²) in [6.45, 7) is 3.66. The monoisotopic (exact) mass is 387 g/mol. The number of benzene rings is 1. The molecular weight excluding hydrogens is 366 g/mol. The minimum absolute atomic E-state index is 0.172. The number of para-hydroxylation sites is 1. The molecule has 0 aliphatic carbocycles. The van der Waals surface area contributed by atoms with Gasteiger partial charge in [-0.25, -0.2) is 4.79 Å². The average Bonchev–Trinajstić information content (AvgIpc) is 2.90. The van der Waals surface area contributed by atoms with Crippen molar-refractivity contribution in [1.29, 1.82) is 5.26 Å². The third-order valence-electron chi connectivity index (χ3n) is 3.81. The van der Waals surface area contributed by atoms with Gasteiger partial charge in [-0.1, -0.05) is 30.0 Å².